The Bertz CT molecular complexity index is 382. The monoisotopic (exact) mass is 217 g/mol. The minimum atomic E-state index is 0.767. The molecule has 0 N–H and O–H groups in total. The SMILES string of the molecule is CCN(CC1CC1)c1ccc(C=O)cc1C. The fourth-order valence-corrected chi connectivity index (χ4v) is 2.12. The number of aldehydes is 1. The van der Waals surface area contributed by atoms with Crippen LogP contribution in [0.1, 0.15) is 35.7 Å². The molecule has 86 valence electrons. The van der Waals surface area contributed by atoms with Crippen molar-refractivity contribution in [2.45, 2.75) is 26.7 Å². The Morgan fingerprint density at radius 3 is 2.69 bits per heavy atom. The van der Waals surface area contributed by atoms with Crippen LogP contribution in [0.5, 0.6) is 0 Å². The van der Waals surface area contributed by atoms with Crippen LogP contribution in [0.2, 0.25) is 0 Å². The van der Waals surface area contributed by atoms with Gasteiger partial charge in [-0.2, -0.15) is 0 Å². The number of hydrogen-bond donors (Lipinski definition) is 0. The maximum Gasteiger partial charge on any atom is 0.150 e. The van der Waals surface area contributed by atoms with E-state index in [9.17, 15) is 4.79 Å². The number of rotatable bonds is 5. The molecule has 0 amide bonds. The fourth-order valence-electron chi connectivity index (χ4n) is 2.12. The van der Waals surface area contributed by atoms with E-state index in [-0.39, 0.29) is 0 Å². The van der Waals surface area contributed by atoms with Gasteiger partial charge < -0.3 is 4.90 Å². The van der Waals surface area contributed by atoms with Crippen LogP contribution in [-0.2, 0) is 0 Å². The molecule has 0 heterocycles. The van der Waals surface area contributed by atoms with Crippen LogP contribution in [0.25, 0.3) is 0 Å². The van der Waals surface area contributed by atoms with Crippen molar-refractivity contribution in [2.75, 3.05) is 18.0 Å². The van der Waals surface area contributed by atoms with Gasteiger partial charge in [0, 0.05) is 24.3 Å². The quantitative estimate of drug-likeness (QED) is 0.706. The van der Waals surface area contributed by atoms with Gasteiger partial charge in [0.25, 0.3) is 0 Å². The van der Waals surface area contributed by atoms with Gasteiger partial charge in [0.05, 0.1) is 0 Å². The van der Waals surface area contributed by atoms with Crippen LogP contribution in [0.15, 0.2) is 18.2 Å². The molecule has 1 aliphatic carbocycles. The molecule has 0 atom stereocenters. The average Bonchev–Trinajstić information content (AvgIpc) is 3.10. The smallest absolute Gasteiger partial charge is 0.150 e. The Labute approximate surface area is 97.3 Å². The lowest BCUT2D eigenvalue weighted by Crippen LogP contribution is -2.25. The van der Waals surface area contributed by atoms with Crippen LogP contribution in [0.3, 0.4) is 0 Å². The normalized spacial score (nSPS) is 14.9. The highest BCUT2D eigenvalue weighted by Crippen LogP contribution is 2.32. The minimum absolute atomic E-state index is 0.767. The Hall–Kier alpha value is -1.31. The molecule has 16 heavy (non-hydrogen) atoms. The van der Waals surface area contributed by atoms with E-state index < -0.39 is 0 Å². The molecule has 1 aromatic carbocycles. The lowest BCUT2D eigenvalue weighted by molar-refractivity contribution is 0.112. The number of hydrogen-bond acceptors (Lipinski definition) is 2. The fraction of sp³-hybridized carbons (Fsp3) is 0.500. The van der Waals surface area contributed by atoms with Gasteiger partial charge in [-0.15, -0.1) is 0 Å². The van der Waals surface area contributed by atoms with Crippen LogP contribution in [-0.4, -0.2) is 19.4 Å². The summed E-state index contributed by atoms with van der Waals surface area (Å²) in [4.78, 5) is 13.1. The lowest BCUT2D eigenvalue weighted by Gasteiger charge is -2.25. The number of carbonyl (C=O) groups is 1. The van der Waals surface area contributed by atoms with Crippen molar-refractivity contribution < 1.29 is 4.79 Å². The van der Waals surface area contributed by atoms with Gasteiger partial charge >= 0.3 is 0 Å². The van der Waals surface area contributed by atoms with E-state index in [1.54, 1.807) is 0 Å². The maximum atomic E-state index is 10.7. The number of carbonyl (C=O) groups excluding carboxylic acids is 1. The largest absolute Gasteiger partial charge is 0.371 e. The molecule has 1 aliphatic rings. The molecule has 0 saturated heterocycles. The summed E-state index contributed by atoms with van der Waals surface area (Å²) in [5.74, 6) is 0.894. The third-order valence-corrected chi connectivity index (χ3v) is 3.25. The van der Waals surface area contributed by atoms with E-state index in [1.165, 1.54) is 24.1 Å². The summed E-state index contributed by atoms with van der Waals surface area (Å²) >= 11 is 0. The molecule has 0 aromatic heterocycles. The van der Waals surface area contributed by atoms with Crippen molar-refractivity contribution >= 4 is 12.0 Å². The molecular weight excluding hydrogens is 198 g/mol. The average molecular weight is 217 g/mol. The number of nitrogens with zero attached hydrogens (tertiary/aromatic N) is 1. The van der Waals surface area contributed by atoms with Crippen LogP contribution in [0, 0.1) is 12.8 Å². The Kier molecular flexibility index (Phi) is 3.28. The van der Waals surface area contributed by atoms with Crippen molar-refractivity contribution in [3.63, 3.8) is 0 Å². The highest BCUT2D eigenvalue weighted by atomic mass is 16.1. The summed E-state index contributed by atoms with van der Waals surface area (Å²) in [5, 5.41) is 0. The molecule has 1 fully saturated rings. The Morgan fingerprint density at radius 2 is 2.19 bits per heavy atom. The molecule has 0 bridgehead atoms. The van der Waals surface area contributed by atoms with Crippen molar-refractivity contribution in [2.24, 2.45) is 5.92 Å². The highest BCUT2D eigenvalue weighted by Gasteiger charge is 2.24. The molecule has 0 aliphatic heterocycles. The second-order valence-corrected chi connectivity index (χ2v) is 4.65. The van der Waals surface area contributed by atoms with Crippen molar-refractivity contribution in [3.8, 4) is 0 Å². The summed E-state index contributed by atoms with van der Waals surface area (Å²) in [7, 11) is 0. The first-order valence-electron chi connectivity index (χ1n) is 6.05. The predicted octanol–water partition coefficient (Wildman–Crippen LogP) is 3.04. The van der Waals surface area contributed by atoms with Gasteiger partial charge in [0.1, 0.15) is 6.29 Å². The highest BCUT2D eigenvalue weighted by molar-refractivity contribution is 5.77. The van der Waals surface area contributed by atoms with Crippen LogP contribution < -0.4 is 4.90 Å². The standard InChI is InChI=1S/C14H19NO/c1-3-15(9-12-4-5-12)14-7-6-13(10-16)8-11(14)2/h6-8,10,12H,3-5,9H2,1-2H3. The molecule has 0 spiro atoms. The van der Waals surface area contributed by atoms with Crippen LogP contribution >= 0.6 is 0 Å². The summed E-state index contributed by atoms with van der Waals surface area (Å²) in [6.07, 6.45) is 3.66. The molecule has 1 saturated carbocycles. The van der Waals surface area contributed by atoms with Crippen molar-refractivity contribution in [1.29, 1.82) is 0 Å². The van der Waals surface area contributed by atoms with Crippen molar-refractivity contribution in [3.05, 3.63) is 29.3 Å². The second-order valence-electron chi connectivity index (χ2n) is 4.65. The Morgan fingerprint density at radius 1 is 1.44 bits per heavy atom. The Balaban J connectivity index is 2.18. The zero-order valence-electron chi connectivity index (χ0n) is 10.1. The van der Waals surface area contributed by atoms with E-state index >= 15 is 0 Å². The first-order chi connectivity index (χ1) is 7.74. The van der Waals surface area contributed by atoms with Gasteiger partial charge in [0.15, 0.2) is 0 Å². The predicted molar refractivity (Wildman–Crippen MR) is 67.2 cm³/mol. The maximum absolute atomic E-state index is 10.7. The molecule has 1 aromatic rings. The number of aryl methyl sites for hydroxylation is 1. The van der Waals surface area contributed by atoms with E-state index in [0.717, 1.165) is 30.9 Å². The topological polar surface area (TPSA) is 20.3 Å². The number of anilines is 1. The van der Waals surface area contributed by atoms with Crippen molar-refractivity contribution in [1.82, 2.24) is 0 Å². The van der Waals surface area contributed by atoms with Gasteiger partial charge in [-0.3, -0.25) is 4.79 Å². The van der Waals surface area contributed by atoms with Gasteiger partial charge in [-0.25, -0.2) is 0 Å². The molecule has 0 radical (unpaired) electrons. The van der Waals surface area contributed by atoms with E-state index in [0.29, 0.717) is 0 Å². The lowest BCUT2D eigenvalue weighted by atomic mass is 10.1. The van der Waals surface area contributed by atoms with Crippen LogP contribution in [0.4, 0.5) is 5.69 Å². The van der Waals surface area contributed by atoms with E-state index in [2.05, 4.69) is 24.8 Å². The first-order valence-corrected chi connectivity index (χ1v) is 6.05. The third kappa shape index (κ3) is 2.43. The van der Waals surface area contributed by atoms with E-state index in [1.807, 2.05) is 12.1 Å². The second kappa shape index (κ2) is 4.69. The molecule has 2 heteroatoms. The zero-order valence-corrected chi connectivity index (χ0v) is 10.1. The van der Waals surface area contributed by atoms with Gasteiger partial charge in [0.2, 0.25) is 0 Å². The molecular formula is C14H19NO. The summed E-state index contributed by atoms with van der Waals surface area (Å²) < 4.78 is 0. The zero-order chi connectivity index (χ0) is 11.5. The molecule has 2 nitrogen and oxygen atoms in total. The van der Waals surface area contributed by atoms with Gasteiger partial charge in [-0.1, -0.05) is 0 Å². The summed E-state index contributed by atoms with van der Waals surface area (Å²) in [6.45, 7) is 6.48. The number of benzene rings is 1. The van der Waals surface area contributed by atoms with E-state index in [4.69, 9.17) is 0 Å². The summed E-state index contributed by atoms with van der Waals surface area (Å²) in [5.41, 5.74) is 3.25. The van der Waals surface area contributed by atoms with Gasteiger partial charge in [-0.05, 0) is 56.4 Å². The summed E-state index contributed by atoms with van der Waals surface area (Å²) in [6, 6.07) is 5.95. The third-order valence-electron chi connectivity index (χ3n) is 3.25. The molecule has 0 unspecified atom stereocenters. The molecule has 2 rings (SSSR count). The first kappa shape index (κ1) is 11.2. The minimum Gasteiger partial charge on any atom is -0.371 e.